The highest BCUT2D eigenvalue weighted by atomic mass is 16.5. The molecule has 0 saturated heterocycles. The van der Waals surface area contributed by atoms with E-state index < -0.39 is 0 Å². The lowest BCUT2D eigenvalue weighted by molar-refractivity contribution is 0.365. The van der Waals surface area contributed by atoms with E-state index in [1.807, 2.05) is 4.68 Å². The summed E-state index contributed by atoms with van der Waals surface area (Å²) < 4.78 is 7.47. The zero-order valence-corrected chi connectivity index (χ0v) is 12.8. The molecule has 1 aliphatic carbocycles. The van der Waals surface area contributed by atoms with Gasteiger partial charge in [-0.3, -0.25) is 16.0 Å². The highest BCUT2D eigenvalue weighted by molar-refractivity contribution is 5.28. The van der Waals surface area contributed by atoms with Gasteiger partial charge in [-0.2, -0.15) is 5.10 Å². The molecule has 5 nitrogen and oxygen atoms in total. The maximum atomic E-state index is 5.79. The summed E-state index contributed by atoms with van der Waals surface area (Å²) in [5.74, 6) is 7.51. The van der Waals surface area contributed by atoms with Crippen LogP contribution in [0.5, 0.6) is 5.75 Å². The molecular weight excluding hydrogens is 252 g/mol. The van der Waals surface area contributed by atoms with Gasteiger partial charge in [0, 0.05) is 6.54 Å². The van der Waals surface area contributed by atoms with Gasteiger partial charge in [-0.15, -0.1) is 0 Å². The van der Waals surface area contributed by atoms with Crippen molar-refractivity contribution in [3.05, 3.63) is 11.9 Å². The van der Waals surface area contributed by atoms with Crippen LogP contribution in [0.15, 0.2) is 6.20 Å². The Hall–Kier alpha value is -1.07. The summed E-state index contributed by atoms with van der Waals surface area (Å²) in [7, 11) is 1.70. The Balaban J connectivity index is 2.06. The number of methoxy groups -OCH3 is 1. The van der Waals surface area contributed by atoms with Gasteiger partial charge in [0.15, 0.2) is 5.75 Å². The zero-order valence-electron chi connectivity index (χ0n) is 12.8. The molecule has 114 valence electrons. The number of nitrogens with one attached hydrogen (secondary N) is 1. The number of aryl methyl sites for hydroxylation is 1. The van der Waals surface area contributed by atoms with Crippen molar-refractivity contribution in [3.63, 3.8) is 0 Å². The van der Waals surface area contributed by atoms with E-state index in [-0.39, 0.29) is 6.04 Å². The molecule has 1 saturated carbocycles. The van der Waals surface area contributed by atoms with Crippen LogP contribution in [-0.4, -0.2) is 16.9 Å². The highest BCUT2D eigenvalue weighted by Crippen LogP contribution is 2.33. The molecule has 1 aliphatic rings. The van der Waals surface area contributed by atoms with E-state index in [1.165, 1.54) is 32.1 Å². The molecule has 3 N–H and O–H groups in total. The van der Waals surface area contributed by atoms with Crippen LogP contribution >= 0.6 is 0 Å². The van der Waals surface area contributed by atoms with E-state index in [1.54, 1.807) is 13.3 Å². The van der Waals surface area contributed by atoms with Gasteiger partial charge in [0.1, 0.15) is 0 Å². The lowest BCUT2D eigenvalue weighted by Crippen LogP contribution is -2.30. The summed E-state index contributed by atoms with van der Waals surface area (Å²) in [4.78, 5) is 0. The molecule has 1 fully saturated rings. The van der Waals surface area contributed by atoms with Gasteiger partial charge in [-0.25, -0.2) is 0 Å². The smallest absolute Gasteiger partial charge is 0.161 e. The first-order valence-corrected chi connectivity index (χ1v) is 7.86. The molecule has 1 unspecified atom stereocenters. The fraction of sp³-hybridized carbons (Fsp3) is 0.800. The third kappa shape index (κ3) is 3.52. The Kier molecular flexibility index (Phi) is 5.86. The molecule has 1 aromatic rings. The summed E-state index contributed by atoms with van der Waals surface area (Å²) in [5, 5.41) is 4.42. The monoisotopic (exact) mass is 280 g/mol. The molecule has 0 radical (unpaired) electrons. The lowest BCUT2D eigenvalue weighted by atomic mass is 9.97. The molecule has 0 aliphatic heterocycles. The van der Waals surface area contributed by atoms with Crippen LogP contribution in [-0.2, 0) is 6.54 Å². The number of nitrogens with two attached hydrogens (primary N) is 1. The fourth-order valence-electron chi connectivity index (χ4n) is 3.28. The van der Waals surface area contributed by atoms with E-state index in [9.17, 15) is 0 Å². The predicted octanol–water partition coefficient (Wildman–Crippen LogP) is 2.78. The van der Waals surface area contributed by atoms with Crippen LogP contribution in [0.1, 0.15) is 63.6 Å². The van der Waals surface area contributed by atoms with Gasteiger partial charge in [0.25, 0.3) is 0 Å². The second-order valence-electron chi connectivity index (χ2n) is 5.77. The molecule has 0 bridgehead atoms. The van der Waals surface area contributed by atoms with Crippen LogP contribution in [0.2, 0.25) is 0 Å². The third-order valence-electron chi connectivity index (χ3n) is 4.37. The van der Waals surface area contributed by atoms with E-state index in [2.05, 4.69) is 17.4 Å². The summed E-state index contributed by atoms with van der Waals surface area (Å²) in [6.07, 6.45) is 10.7. The van der Waals surface area contributed by atoms with Crippen molar-refractivity contribution in [2.45, 2.75) is 64.5 Å². The van der Waals surface area contributed by atoms with Crippen LogP contribution in [0, 0.1) is 5.92 Å². The second-order valence-corrected chi connectivity index (χ2v) is 5.77. The molecule has 1 aromatic heterocycles. The second kappa shape index (κ2) is 7.64. The summed E-state index contributed by atoms with van der Waals surface area (Å²) in [6, 6.07) is 0.125. The van der Waals surface area contributed by atoms with Gasteiger partial charge in [0.05, 0.1) is 25.0 Å². The van der Waals surface area contributed by atoms with E-state index in [0.717, 1.165) is 36.7 Å². The Bertz CT molecular complexity index is 399. The van der Waals surface area contributed by atoms with Crippen molar-refractivity contribution in [2.24, 2.45) is 11.8 Å². The van der Waals surface area contributed by atoms with Crippen LogP contribution in [0.3, 0.4) is 0 Å². The van der Waals surface area contributed by atoms with E-state index in [0.29, 0.717) is 0 Å². The topological polar surface area (TPSA) is 65.1 Å². The van der Waals surface area contributed by atoms with Crippen LogP contribution in [0.4, 0.5) is 0 Å². The average Bonchev–Trinajstić information content (AvgIpc) is 3.10. The third-order valence-corrected chi connectivity index (χ3v) is 4.37. The Morgan fingerprint density at radius 2 is 2.25 bits per heavy atom. The van der Waals surface area contributed by atoms with Gasteiger partial charge >= 0.3 is 0 Å². The molecule has 5 heteroatoms. The number of hydrogen-bond acceptors (Lipinski definition) is 4. The first-order chi connectivity index (χ1) is 9.80. The van der Waals surface area contributed by atoms with Gasteiger partial charge in [-0.05, 0) is 25.2 Å². The van der Waals surface area contributed by atoms with Crippen molar-refractivity contribution in [2.75, 3.05) is 7.11 Å². The quantitative estimate of drug-likeness (QED) is 0.567. The lowest BCUT2D eigenvalue weighted by Gasteiger charge is -2.20. The van der Waals surface area contributed by atoms with Gasteiger partial charge in [0.2, 0.25) is 0 Å². The predicted molar refractivity (Wildman–Crippen MR) is 80.3 cm³/mol. The summed E-state index contributed by atoms with van der Waals surface area (Å²) in [5.41, 5.74) is 4.05. The molecular formula is C15H28N4O. The number of hydrogen-bond donors (Lipinski definition) is 2. The SMILES string of the molecule is CCCn1ncc(OC)c1C(CCC1CCCC1)NN. The van der Waals surface area contributed by atoms with E-state index >= 15 is 0 Å². The standard InChI is InChI=1S/C15H28N4O/c1-3-10-19-15(14(20-2)11-17-19)13(18-16)9-8-12-6-4-5-7-12/h11-13,18H,3-10,16H2,1-2H3. The first-order valence-electron chi connectivity index (χ1n) is 7.86. The number of nitrogens with zero attached hydrogens (tertiary/aromatic N) is 2. The fourth-order valence-corrected chi connectivity index (χ4v) is 3.28. The number of ether oxygens (including phenoxy) is 1. The van der Waals surface area contributed by atoms with Crippen molar-refractivity contribution >= 4 is 0 Å². The Morgan fingerprint density at radius 3 is 2.85 bits per heavy atom. The van der Waals surface area contributed by atoms with Crippen molar-refractivity contribution in [1.82, 2.24) is 15.2 Å². The number of hydrazine groups is 1. The van der Waals surface area contributed by atoms with Crippen LogP contribution < -0.4 is 16.0 Å². The molecule has 0 spiro atoms. The largest absolute Gasteiger partial charge is 0.493 e. The maximum Gasteiger partial charge on any atom is 0.161 e. The molecule has 20 heavy (non-hydrogen) atoms. The number of aromatic nitrogens is 2. The average molecular weight is 280 g/mol. The minimum absolute atomic E-state index is 0.125. The zero-order chi connectivity index (χ0) is 14.4. The molecule has 2 rings (SSSR count). The normalized spacial score (nSPS) is 17.6. The van der Waals surface area contributed by atoms with Crippen molar-refractivity contribution < 1.29 is 4.74 Å². The first kappa shape index (κ1) is 15.3. The van der Waals surface area contributed by atoms with E-state index in [4.69, 9.17) is 10.6 Å². The summed E-state index contributed by atoms with van der Waals surface area (Å²) in [6.45, 7) is 3.06. The molecule has 1 atom stereocenters. The minimum atomic E-state index is 0.125. The maximum absolute atomic E-state index is 5.79. The minimum Gasteiger partial charge on any atom is -0.493 e. The Morgan fingerprint density at radius 1 is 1.50 bits per heavy atom. The molecule has 1 heterocycles. The summed E-state index contributed by atoms with van der Waals surface area (Å²) >= 11 is 0. The van der Waals surface area contributed by atoms with Gasteiger partial charge in [-0.1, -0.05) is 32.6 Å². The van der Waals surface area contributed by atoms with Crippen LogP contribution in [0.25, 0.3) is 0 Å². The Labute approximate surface area is 121 Å². The highest BCUT2D eigenvalue weighted by Gasteiger charge is 2.23. The molecule has 0 aromatic carbocycles. The van der Waals surface area contributed by atoms with Crippen molar-refractivity contribution in [1.29, 1.82) is 0 Å². The molecule has 0 amide bonds. The van der Waals surface area contributed by atoms with Crippen molar-refractivity contribution in [3.8, 4) is 5.75 Å². The van der Waals surface area contributed by atoms with Gasteiger partial charge < -0.3 is 4.74 Å². The number of rotatable bonds is 8.